The van der Waals surface area contributed by atoms with Gasteiger partial charge in [-0.1, -0.05) is 94.4 Å². The van der Waals surface area contributed by atoms with Crippen molar-refractivity contribution >= 4 is 28.6 Å². The van der Waals surface area contributed by atoms with E-state index in [9.17, 15) is 0 Å². The number of fused-ring (bicyclic) bond motifs is 1. The quantitative estimate of drug-likeness (QED) is 0.130. The molecule has 0 aliphatic carbocycles. The molecule has 0 spiro atoms. The summed E-state index contributed by atoms with van der Waals surface area (Å²) in [5.41, 5.74) is 9.24. The van der Waals surface area contributed by atoms with Gasteiger partial charge in [0.05, 0.1) is 24.2 Å². The smallest absolute Gasteiger partial charge is 0.158 e. The van der Waals surface area contributed by atoms with E-state index in [-0.39, 0.29) is 0 Å². The highest BCUT2D eigenvalue weighted by Crippen LogP contribution is 2.40. The summed E-state index contributed by atoms with van der Waals surface area (Å²) in [6.07, 6.45) is 12.4. The van der Waals surface area contributed by atoms with Crippen LogP contribution in [0.1, 0.15) is 50.7 Å². The fourth-order valence-electron chi connectivity index (χ4n) is 6.43. The number of anilines is 4. The Bertz CT molecular complexity index is 1940. The van der Waals surface area contributed by atoms with Crippen LogP contribution in [0, 0.1) is 6.67 Å². The summed E-state index contributed by atoms with van der Waals surface area (Å²) in [6, 6.07) is 34.7. The summed E-state index contributed by atoms with van der Waals surface area (Å²) in [6.45, 7) is 11.2. The predicted molar refractivity (Wildman–Crippen MR) is 190 cm³/mol. The zero-order chi connectivity index (χ0) is 31.8. The Kier molecular flexibility index (Phi) is 7.71. The van der Waals surface area contributed by atoms with Crippen LogP contribution in [0.15, 0.2) is 134 Å². The molecule has 0 saturated carbocycles. The Morgan fingerprint density at radius 1 is 0.739 bits per heavy atom. The van der Waals surface area contributed by atoms with Crippen molar-refractivity contribution in [3.8, 4) is 17.1 Å². The van der Waals surface area contributed by atoms with Crippen molar-refractivity contribution in [2.75, 3.05) is 17.0 Å². The number of hydrogen-bond donors (Lipinski definition) is 0. The highest BCUT2D eigenvalue weighted by atomic mass is 15.7. The van der Waals surface area contributed by atoms with E-state index < -0.39 is 0 Å². The minimum Gasteiger partial charge on any atom is -0.375 e. The Labute approximate surface area is 272 Å². The van der Waals surface area contributed by atoms with E-state index in [1.54, 1.807) is 0 Å². The van der Waals surface area contributed by atoms with Gasteiger partial charge in [0, 0.05) is 42.1 Å². The average molecular weight is 605 g/mol. The van der Waals surface area contributed by atoms with Crippen molar-refractivity contribution in [2.24, 2.45) is 0 Å². The number of aromatic nitrogens is 2. The number of nitrogens with zero attached hydrogens (tertiary/aromatic N) is 6. The summed E-state index contributed by atoms with van der Waals surface area (Å²) in [7, 11) is 2.07. The minimum atomic E-state index is 0.383. The summed E-state index contributed by atoms with van der Waals surface area (Å²) < 4.78 is 4.42. The molecule has 4 aromatic carbocycles. The number of hydrazine groups is 1. The second-order valence-electron chi connectivity index (χ2n) is 12.4. The lowest BCUT2D eigenvalue weighted by atomic mass is 9.92. The van der Waals surface area contributed by atoms with Gasteiger partial charge in [-0.3, -0.25) is 4.57 Å². The largest absolute Gasteiger partial charge is 0.375 e. The first-order valence-corrected chi connectivity index (χ1v) is 16.0. The molecule has 0 N–H and O–H groups in total. The van der Waals surface area contributed by atoms with E-state index in [2.05, 4.69) is 193 Å². The first-order valence-electron chi connectivity index (χ1n) is 16.0. The van der Waals surface area contributed by atoms with Gasteiger partial charge in [-0.25, -0.2) is 15.0 Å². The first kappa shape index (κ1) is 29.2. The summed E-state index contributed by atoms with van der Waals surface area (Å²) in [4.78, 5) is 7.25. The highest BCUT2D eigenvalue weighted by Gasteiger charge is 2.27. The van der Waals surface area contributed by atoms with Gasteiger partial charge in [-0.15, -0.1) is 0 Å². The zero-order valence-corrected chi connectivity index (χ0v) is 27.1. The maximum Gasteiger partial charge on any atom is 0.158 e. The molecule has 230 valence electrons. The molecule has 6 nitrogen and oxygen atoms in total. The standard InChI is InChI=1S/C40H40N6/c1-29(2)36-20-13-21-37(30(3)4)39(36)43-25-23-41-40(43)31-14-11-18-34(26-31)46(32-15-7-6-8-16-32)35-19-12-17-33(27-35)45-28-42(5)38-22-9-10-24-44(38)45/h6-30H,1-5H3. The third-order valence-corrected chi connectivity index (χ3v) is 8.65. The van der Waals surface area contributed by atoms with E-state index in [1.807, 2.05) is 6.20 Å². The van der Waals surface area contributed by atoms with Gasteiger partial charge in [-0.05, 0) is 71.5 Å². The molecule has 0 atom stereocenters. The van der Waals surface area contributed by atoms with E-state index in [0.717, 1.165) is 40.0 Å². The Hall–Kier alpha value is -5.49. The van der Waals surface area contributed by atoms with Crippen LogP contribution in [0.2, 0.25) is 0 Å². The van der Waals surface area contributed by atoms with Gasteiger partial charge < -0.3 is 9.48 Å². The number of benzene rings is 4. The van der Waals surface area contributed by atoms with Gasteiger partial charge in [0.1, 0.15) is 5.82 Å². The van der Waals surface area contributed by atoms with Crippen molar-refractivity contribution in [3.05, 3.63) is 152 Å². The normalized spacial score (nSPS) is 14.0. The van der Waals surface area contributed by atoms with Crippen LogP contribution in [0.4, 0.5) is 22.7 Å². The highest BCUT2D eigenvalue weighted by molar-refractivity contribution is 5.94. The molecule has 0 fully saturated rings. The number of para-hydroxylation sites is 2. The maximum absolute atomic E-state index is 4.93. The third kappa shape index (κ3) is 5.26. The number of amidine groups is 1. The van der Waals surface area contributed by atoms with Gasteiger partial charge in [0.2, 0.25) is 0 Å². The molecule has 0 amide bonds. The molecule has 1 aromatic heterocycles. The molecule has 2 aliphatic rings. The molecule has 0 unspecified atom stereocenters. The van der Waals surface area contributed by atoms with E-state index in [0.29, 0.717) is 11.8 Å². The number of allylic oxidation sites excluding steroid dienone is 2. The van der Waals surface area contributed by atoms with Crippen LogP contribution in [0.5, 0.6) is 0 Å². The van der Waals surface area contributed by atoms with Crippen molar-refractivity contribution in [1.82, 2.24) is 14.6 Å². The Morgan fingerprint density at radius 2 is 1.41 bits per heavy atom. The van der Waals surface area contributed by atoms with Gasteiger partial charge in [0.15, 0.2) is 5.84 Å². The fraction of sp³-hybridized carbons (Fsp3) is 0.175. The molecule has 7 rings (SSSR count). The van der Waals surface area contributed by atoms with Gasteiger partial charge >= 0.3 is 0 Å². The number of rotatable bonds is 8. The second kappa shape index (κ2) is 12.1. The molecule has 3 heterocycles. The maximum atomic E-state index is 4.93. The SMILES string of the molecule is CC(C)c1cccc(C(C)C)c1-n1ccnc1-c1cccc(N(c2ccccc2)c2cccc(N3[CH-][N+](C)=C4C=CC=CN43)c2)c1. The van der Waals surface area contributed by atoms with Crippen molar-refractivity contribution in [1.29, 1.82) is 0 Å². The van der Waals surface area contributed by atoms with E-state index >= 15 is 0 Å². The molecule has 0 radical (unpaired) electrons. The van der Waals surface area contributed by atoms with Crippen LogP contribution in [0.25, 0.3) is 17.1 Å². The zero-order valence-electron chi connectivity index (χ0n) is 27.1. The monoisotopic (exact) mass is 604 g/mol. The lowest BCUT2D eigenvalue weighted by molar-refractivity contribution is -0.447. The Morgan fingerprint density at radius 3 is 2.15 bits per heavy atom. The topological polar surface area (TPSA) is 30.6 Å². The fourth-order valence-corrected chi connectivity index (χ4v) is 6.43. The molecule has 46 heavy (non-hydrogen) atoms. The second-order valence-corrected chi connectivity index (χ2v) is 12.4. The summed E-state index contributed by atoms with van der Waals surface area (Å²) in [5, 5.41) is 4.33. The molecular weight excluding hydrogens is 564 g/mol. The average Bonchev–Trinajstić information content (AvgIpc) is 3.70. The first-order chi connectivity index (χ1) is 22.4. The Balaban J connectivity index is 1.32. The molecule has 6 heteroatoms. The summed E-state index contributed by atoms with van der Waals surface area (Å²) in [5.74, 6) is 2.81. The number of imidazole rings is 1. The van der Waals surface area contributed by atoms with Crippen molar-refractivity contribution in [3.63, 3.8) is 0 Å². The summed E-state index contributed by atoms with van der Waals surface area (Å²) >= 11 is 0. The van der Waals surface area contributed by atoms with Crippen LogP contribution in [-0.4, -0.2) is 32.0 Å². The van der Waals surface area contributed by atoms with Crippen LogP contribution >= 0.6 is 0 Å². The molecule has 2 aliphatic heterocycles. The number of hydrogen-bond acceptors (Lipinski definition) is 4. The lowest BCUT2D eigenvalue weighted by Gasteiger charge is -2.30. The van der Waals surface area contributed by atoms with Gasteiger partial charge in [-0.2, -0.15) is 0 Å². The molecule has 0 bridgehead atoms. The van der Waals surface area contributed by atoms with Crippen LogP contribution < -0.4 is 9.91 Å². The predicted octanol–water partition coefficient (Wildman–Crippen LogP) is 9.54. The van der Waals surface area contributed by atoms with E-state index in [1.165, 1.54) is 16.8 Å². The lowest BCUT2D eigenvalue weighted by Crippen LogP contribution is -2.35. The van der Waals surface area contributed by atoms with Crippen LogP contribution in [-0.2, 0) is 0 Å². The van der Waals surface area contributed by atoms with E-state index in [4.69, 9.17) is 4.98 Å². The minimum absolute atomic E-state index is 0.383. The van der Waals surface area contributed by atoms with Gasteiger partial charge in [0.25, 0.3) is 0 Å². The van der Waals surface area contributed by atoms with Crippen molar-refractivity contribution < 1.29 is 4.58 Å². The van der Waals surface area contributed by atoms with Crippen LogP contribution in [0.3, 0.4) is 0 Å². The third-order valence-electron chi connectivity index (χ3n) is 8.65. The molecule has 0 saturated heterocycles. The molecular formula is C40H40N6. The molecule has 5 aromatic rings. The van der Waals surface area contributed by atoms with Crippen molar-refractivity contribution in [2.45, 2.75) is 39.5 Å².